The number of nitrogens with zero attached hydrogens (tertiary/aromatic N) is 5. The Bertz CT molecular complexity index is 1150. The van der Waals surface area contributed by atoms with E-state index in [2.05, 4.69) is 10.4 Å². The molecular weight excluding hydrogens is 316 g/mol. The fourth-order valence-electron chi connectivity index (χ4n) is 3.71. The molecule has 1 unspecified atom stereocenters. The summed E-state index contributed by atoms with van der Waals surface area (Å²) in [5.74, 6) is 0. The van der Waals surface area contributed by atoms with Crippen LogP contribution in [0.1, 0.15) is 12.5 Å². The van der Waals surface area contributed by atoms with E-state index in [1.54, 1.807) is 11.6 Å². The maximum atomic E-state index is 12.7. The smallest absolute Gasteiger partial charge is 0.315 e. The first-order chi connectivity index (χ1) is 12.2. The lowest BCUT2D eigenvalue weighted by molar-refractivity contribution is 0.532. The second-order valence-electron chi connectivity index (χ2n) is 6.49. The maximum Gasteiger partial charge on any atom is 0.330 e. The molecule has 25 heavy (non-hydrogen) atoms. The molecule has 0 aliphatic carbocycles. The molecule has 7 nitrogen and oxygen atoms in total. The highest BCUT2D eigenvalue weighted by molar-refractivity contribution is 5.82. The minimum atomic E-state index is -0.00628. The third-order valence-corrected chi connectivity index (χ3v) is 5.04. The van der Waals surface area contributed by atoms with Crippen LogP contribution in [0.5, 0.6) is 0 Å². The molecule has 5 heterocycles. The van der Waals surface area contributed by atoms with Gasteiger partial charge >= 0.3 is 5.69 Å². The van der Waals surface area contributed by atoms with Crippen molar-refractivity contribution in [1.82, 2.24) is 29.0 Å². The molecular formula is C18H18N6O. The largest absolute Gasteiger partial charge is 0.330 e. The van der Waals surface area contributed by atoms with E-state index in [0.717, 1.165) is 47.4 Å². The number of aromatic nitrogens is 5. The number of fused-ring (bicyclic) bond motifs is 2. The molecule has 5 rings (SSSR count). The number of imidazole rings is 1. The number of rotatable bonds is 2. The van der Waals surface area contributed by atoms with Crippen molar-refractivity contribution in [3.8, 4) is 11.3 Å². The molecule has 0 saturated carbocycles. The van der Waals surface area contributed by atoms with Crippen LogP contribution in [0.3, 0.4) is 0 Å². The molecule has 1 aliphatic heterocycles. The Morgan fingerprint density at radius 3 is 2.96 bits per heavy atom. The van der Waals surface area contributed by atoms with E-state index in [1.807, 2.05) is 51.8 Å². The minimum absolute atomic E-state index is 0.00628. The Kier molecular flexibility index (Phi) is 3.05. The molecule has 1 atom stereocenters. The maximum absolute atomic E-state index is 12.7. The molecule has 0 radical (unpaired) electrons. The van der Waals surface area contributed by atoms with Gasteiger partial charge in [0, 0.05) is 25.4 Å². The number of aryl methyl sites for hydroxylation is 1. The number of pyridine rings is 2. The zero-order chi connectivity index (χ0) is 17.0. The molecule has 4 aromatic heterocycles. The van der Waals surface area contributed by atoms with Crippen molar-refractivity contribution in [2.24, 2.45) is 7.05 Å². The van der Waals surface area contributed by atoms with Crippen molar-refractivity contribution in [1.29, 1.82) is 0 Å². The lowest BCUT2D eigenvalue weighted by atomic mass is 10.2. The summed E-state index contributed by atoms with van der Waals surface area (Å²) < 4.78 is 5.35. The van der Waals surface area contributed by atoms with Gasteiger partial charge in [-0.1, -0.05) is 6.07 Å². The lowest BCUT2D eigenvalue weighted by Crippen LogP contribution is -2.27. The molecule has 4 aromatic rings. The number of hydrogen-bond acceptors (Lipinski definition) is 4. The Morgan fingerprint density at radius 1 is 1.20 bits per heavy atom. The summed E-state index contributed by atoms with van der Waals surface area (Å²) in [7, 11) is 1.81. The average molecular weight is 334 g/mol. The van der Waals surface area contributed by atoms with E-state index in [1.165, 1.54) is 0 Å². The molecule has 0 aromatic carbocycles. The highest BCUT2D eigenvalue weighted by Crippen LogP contribution is 2.26. The number of hydrogen-bond donors (Lipinski definition) is 1. The Hall–Kier alpha value is -2.93. The van der Waals surface area contributed by atoms with Gasteiger partial charge < -0.3 is 5.32 Å². The van der Waals surface area contributed by atoms with Crippen LogP contribution < -0.4 is 11.0 Å². The summed E-state index contributed by atoms with van der Waals surface area (Å²) in [4.78, 5) is 17.6. The van der Waals surface area contributed by atoms with Crippen molar-refractivity contribution in [3.05, 3.63) is 53.2 Å². The third-order valence-electron chi connectivity index (χ3n) is 5.04. The van der Waals surface area contributed by atoms with Gasteiger partial charge in [-0.15, -0.1) is 0 Å². The zero-order valence-corrected chi connectivity index (χ0v) is 13.9. The predicted molar refractivity (Wildman–Crippen MR) is 95.7 cm³/mol. The summed E-state index contributed by atoms with van der Waals surface area (Å²) >= 11 is 0. The summed E-state index contributed by atoms with van der Waals surface area (Å²) in [6, 6.07) is 10.0. The van der Waals surface area contributed by atoms with Gasteiger partial charge in [0.1, 0.15) is 0 Å². The fraction of sp³-hybridized carbons (Fsp3) is 0.278. The number of nitrogens with one attached hydrogen (secondary N) is 1. The highest BCUT2D eigenvalue weighted by Gasteiger charge is 2.23. The predicted octanol–water partition coefficient (Wildman–Crippen LogP) is 1.58. The molecule has 1 N–H and O–H groups in total. The zero-order valence-electron chi connectivity index (χ0n) is 13.9. The minimum Gasteiger partial charge on any atom is -0.315 e. The van der Waals surface area contributed by atoms with Crippen LogP contribution in [0.15, 0.2) is 47.5 Å². The van der Waals surface area contributed by atoms with Crippen LogP contribution in [-0.4, -0.2) is 36.8 Å². The second-order valence-corrected chi connectivity index (χ2v) is 6.49. The second kappa shape index (κ2) is 5.29. The van der Waals surface area contributed by atoms with Crippen LogP contribution in [0, 0.1) is 0 Å². The normalized spacial score (nSPS) is 17.7. The van der Waals surface area contributed by atoms with Gasteiger partial charge in [-0.25, -0.2) is 14.3 Å². The van der Waals surface area contributed by atoms with E-state index < -0.39 is 0 Å². The van der Waals surface area contributed by atoms with E-state index in [-0.39, 0.29) is 11.7 Å². The van der Waals surface area contributed by atoms with E-state index in [0.29, 0.717) is 0 Å². The molecule has 1 aliphatic rings. The van der Waals surface area contributed by atoms with Crippen LogP contribution in [0.2, 0.25) is 0 Å². The van der Waals surface area contributed by atoms with Crippen molar-refractivity contribution in [3.63, 3.8) is 0 Å². The lowest BCUT2D eigenvalue weighted by Gasteiger charge is -2.10. The molecule has 7 heteroatoms. The van der Waals surface area contributed by atoms with Crippen LogP contribution in [0.25, 0.3) is 27.9 Å². The van der Waals surface area contributed by atoms with Crippen LogP contribution >= 0.6 is 0 Å². The van der Waals surface area contributed by atoms with Gasteiger partial charge in [0.15, 0.2) is 5.65 Å². The summed E-state index contributed by atoms with van der Waals surface area (Å²) in [5, 5.41) is 7.72. The molecule has 0 spiro atoms. The van der Waals surface area contributed by atoms with E-state index >= 15 is 0 Å². The SMILES string of the molecule is Cn1c(=O)n(C2CCNC2)c2nc(-c3cnn4ccccc34)ccc21. The highest BCUT2D eigenvalue weighted by atomic mass is 16.1. The first-order valence-corrected chi connectivity index (χ1v) is 8.45. The van der Waals surface area contributed by atoms with Crippen LogP contribution in [0.4, 0.5) is 0 Å². The summed E-state index contributed by atoms with van der Waals surface area (Å²) in [5.41, 5.74) is 4.40. The van der Waals surface area contributed by atoms with Gasteiger partial charge in [0.25, 0.3) is 0 Å². The van der Waals surface area contributed by atoms with E-state index in [4.69, 9.17) is 4.98 Å². The van der Waals surface area contributed by atoms with Crippen LogP contribution in [-0.2, 0) is 7.05 Å². The molecule has 1 saturated heterocycles. The van der Waals surface area contributed by atoms with Gasteiger partial charge in [0.2, 0.25) is 0 Å². The Balaban J connectivity index is 1.76. The van der Waals surface area contributed by atoms with Gasteiger partial charge in [0.05, 0.1) is 29.0 Å². The first-order valence-electron chi connectivity index (χ1n) is 8.45. The van der Waals surface area contributed by atoms with Gasteiger partial charge in [-0.05, 0) is 37.2 Å². The van der Waals surface area contributed by atoms with Crippen molar-refractivity contribution in [2.75, 3.05) is 13.1 Å². The molecule has 0 bridgehead atoms. The standard InChI is InChI=1S/C18H18N6O/c1-22-16-6-5-14(13-11-20-23-9-3-2-4-15(13)23)21-17(16)24(18(22)25)12-7-8-19-10-12/h2-6,9,11-12,19H,7-8,10H2,1H3. The third kappa shape index (κ3) is 2.05. The van der Waals surface area contributed by atoms with Gasteiger partial charge in [-0.2, -0.15) is 5.10 Å². The fourth-order valence-corrected chi connectivity index (χ4v) is 3.71. The Morgan fingerprint density at radius 2 is 2.12 bits per heavy atom. The van der Waals surface area contributed by atoms with Crippen molar-refractivity contribution >= 4 is 16.7 Å². The quantitative estimate of drug-likeness (QED) is 0.604. The summed E-state index contributed by atoms with van der Waals surface area (Å²) in [6.45, 7) is 1.74. The first kappa shape index (κ1) is 14.4. The summed E-state index contributed by atoms with van der Waals surface area (Å²) in [6.07, 6.45) is 4.69. The van der Waals surface area contributed by atoms with Gasteiger partial charge in [-0.3, -0.25) is 9.13 Å². The molecule has 126 valence electrons. The van der Waals surface area contributed by atoms with Crippen molar-refractivity contribution < 1.29 is 0 Å². The monoisotopic (exact) mass is 334 g/mol. The topological polar surface area (TPSA) is 69.2 Å². The Labute approximate surface area is 143 Å². The molecule has 0 amide bonds. The molecule has 1 fully saturated rings. The average Bonchev–Trinajstić information content (AvgIpc) is 3.35. The van der Waals surface area contributed by atoms with E-state index in [9.17, 15) is 4.79 Å². The van der Waals surface area contributed by atoms with Crippen molar-refractivity contribution in [2.45, 2.75) is 12.5 Å².